The average molecular weight is 408 g/mol. The van der Waals surface area contributed by atoms with Crippen molar-refractivity contribution in [3.63, 3.8) is 0 Å². The van der Waals surface area contributed by atoms with Crippen LogP contribution in [0.1, 0.15) is 46.0 Å². The van der Waals surface area contributed by atoms with Crippen LogP contribution >= 0.6 is 24.0 Å². The molecule has 0 bridgehead atoms. The SMILES string of the molecule is CCCC1CC1NC(=NC)N(C)CC1CCCN1CC.I. The second-order valence-corrected chi connectivity index (χ2v) is 6.39. The lowest BCUT2D eigenvalue weighted by Crippen LogP contribution is -2.46. The Labute approximate surface area is 147 Å². The Hall–Kier alpha value is -0.0400. The van der Waals surface area contributed by atoms with Crippen molar-refractivity contribution < 1.29 is 0 Å². The van der Waals surface area contributed by atoms with E-state index < -0.39 is 0 Å². The first-order valence-electron chi connectivity index (χ1n) is 8.38. The van der Waals surface area contributed by atoms with Gasteiger partial charge in [0.25, 0.3) is 0 Å². The van der Waals surface area contributed by atoms with Gasteiger partial charge in [-0.05, 0) is 44.7 Å². The first-order valence-corrected chi connectivity index (χ1v) is 8.38. The first-order chi connectivity index (χ1) is 9.69. The predicted octanol–water partition coefficient (Wildman–Crippen LogP) is 2.78. The van der Waals surface area contributed by atoms with Crippen LogP contribution in [0.2, 0.25) is 0 Å². The van der Waals surface area contributed by atoms with Gasteiger partial charge in [-0.25, -0.2) is 0 Å². The molecule has 2 aliphatic rings. The van der Waals surface area contributed by atoms with Gasteiger partial charge in [0, 0.05) is 32.7 Å². The van der Waals surface area contributed by atoms with Crippen LogP contribution in [0, 0.1) is 5.92 Å². The minimum Gasteiger partial charge on any atom is -0.353 e. The number of likely N-dealkylation sites (N-methyl/N-ethyl adjacent to an activating group) is 2. The van der Waals surface area contributed by atoms with Crippen molar-refractivity contribution in [3.05, 3.63) is 0 Å². The topological polar surface area (TPSA) is 30.9 Å². The van der Waals surface area contributed by atoms with Gasteiger partial charge >= 0.3 is 0 Å². The van der Waals surface area contributed by atoms with Gasteiger partial charge in [0.1, 0.15) is 0 Å². The zero-order chi connectivity index (χ0) is 14.5. The van der Waals surface area contributed by atoms with Crippen molar-refractivity contribution in [2.75, 3.05) is 33.7 Å². The summed E-state index contributed by atoms with van der Waals surface area (Å²) in [6.07, 6.45) is 6.65. The number of nitrogens with one attached hydrogen (secondary N) is 1. The van der Waals surface area contributed by atoms with Gasteiger partial charge < -0.3 is 10.2 Å². The molecular weight excluding hydrogens is 375 g/mol. The molecule has 124 valence electrons. The summed E-state index contributed by atoms with van der Waals surface area (Å²) in [5, 5.41) is 3.64. The number of hydrogen-bond donors (Lipinski definition) is 1. The van der Waals surface area contributed by atoms with E-state index in [1.807, 2.05) is 7.05 Å². The molecule has 1 aliphatic heterocycles. The summed E-state index contributed by atoms with van der Waals surface area (Å²) in [6.45, 7) is 8.08. The highest BCUT2D eigenvalue weighted by Crippen LogP contribution is 2.34. The van der Waals surface area contributed by atoms with E-state index >= 15 is 0 Å². The highest BCUT2D eigenvalue weighted by molar-refractivity contribution is 14.0. The molecule has 0 radical (unpaired) electrons. The van der Waals surface area contributed by atoms with E-state index in [0.717, 1.165) is 18.4 Å². The Morgan fingerprint density at radius 2 is 2.14 bits per heavy atom. The summed E-state index contributed by atoms with van der Waals surface area (Å²) in [5.74, 6) is 1.96. The van der Waals surface area contributed by atoms with Crippen molar-refractivity contribution >= 4 is 29.9 Å². The Morgan fingerprint density at radius 3 is 2.76 bits per heavy atom. The molecule has 0 aromatic carbocycles. The van der Waals surface area contributed by atoms with Crippen molar-refractivity contribution in [2.24, 2.45) is 10.9 Å². The molecule has 1 N–H and O–H groups in total. The fourth-order valence-electron chi connectivity index (χ4n) is 3.55. The molecule has 1 saturated carbocycles. The lowest BCUT2D eigenvalue weighted by atomic mass is 10.2. The molecule has 21 heavy (non-hydrogen) atoms. The van der Waals surface area contributed by atoms with Gasteiger partial charge in [0.15, 0.2) is 5.96 Å². The van der Waals surface area contributed by atoms with Crippen LogP contribution in [0.15, 0.2) is 4.99 Å². The molecule has 3 atom stereocenters. The monoisotopic (exact) mass is 408 g/mol. The lowest BCUT2D eigenvalue weighted by molar-refractivity contribution is 0.232. The number of nitrogens with zero attached hydrogens (tertiary/aromatic N) is 3. The number of guanidine groups is 1. The lowest BCUT2D eigenvalue weighted by Gasteiger charge is -2.30. The molecule has 2 fully saturated rings. The molecule has 5 heteroatoms. The van der Waals surface area contributed by atoms with Gasteiger partial charge in [-0.1, -0.05) is 20.3 Å². The highest BCUT2D eigenvalue weighted by Gasteiger charge is 2.37. The van der Waals surface area contributed by atoms with Crippen LogP contribution in [-0.2, 0) is 0 Å². The second-order valence-electron chi connectivity index (χ2n) is 6.39. The standard InChI is InChI=1S/C16H32N4.HI/c1-5-8-13-11-15(13)18-16(17-3)19(4)12-14-9-7-10-20(14)6-2;/h13-15H,5-12H2,1-4H3,(H,17,18);1H. The van der Waals surface area contributed by atoms with Crippen molar-refractivity contribution in [1.29, 1.82) is 0 Å². The summed E-state index contributed by atoms with van der Waals surface area (Å²) in [6, 6.07) is 1.37. The predicted molar refractivity (Wildman–Crippen MR) is 102 cm³/mol. The summed E-state index contributed by atoms with van der Waals surface area (Å²) in [4.78, 5) is 9.39. The van der Waals surface area contributed by atoms with Crippen LogP contribution < -0.4 is 5.32 Å². The maximum Gasteiger partial charge on any atom is 0.193 e. The van der Waals surface area contributed by atoms with Gasteiger partial charge in [0.05, 0.1) is 0 Å². The zero-order valence-corrected chi connectivity index (χ0v) is 16.5. The van der Waals surface area contributed by atoms with E-state index in [2.05, 4.69) is 41.0 Å². The molecule has 2 rings (SSSR count). The molecule has 0 amide bonds. The van der Waals surface area contributed by atoms with E-state index in [1.54, 1.807) is 0 Å². The summed E-state index contributed by atoms with van der Waals surface area (Å²) in [7, 11) is 4.08. The van der Waals surface area contributed by atoms with E-state index in [4.69, 9.17) is 0 Å². The van der Waals surface area contributed by atoms with E-state index in [0.29, 0.717) is 12.1 Å². The smallest absolute Gasteiger partial charge is 0.193 e. The Bertz CT molecular complexity index is 334. The largest absolute Gasteiger partial charge is 0.353 e. The van der Waals surface area contributed by atoms with Crippen LogP contribution in [-0.4, -0.2) is 61.6 Å². The van der Waals surface area contributed by atoms with Gasteiger partial charge in [0.2, 0.25) is 0 Å². The van der Waals surface area contributed by atoms with Crippen molar-refractivity contribution in [1.82, 2.24) is 15.1 Å². The molecule has 3 unspecified atom stereocenters. The number of rotatable bonds is 6. The molecular formula is C16H33IN4. The van der Waals surface area contributed by atoms with E-state index in [9.17, 15) is 0 Å². The molecule has 4 nitrogen and oxygen atoms in total. The first kappa shape index (κ1) is 19.0. The van der Waals surface area contributed by atoms with Crippen LogP contribution in [0.5, 0.6) is 0 Å². The Morgan fingerprint density at radius 1 is 1.38 bits per heavy atom. The summed E-state index contributed by atoms with van der Waals surface area (Å²) < 4.78 is 0. The van der Waals surface area contributed by atoms with Gasteiger partial charge in [-0.15, -0.1) is 24.0 Å². The fourth-order valence-corrected chi connectivity index (χ4v) is 3.55. The van der Waals surface area contributed by atoms with E-state index in [1.165, 1.54) is 45.2 Å². The summed E-state index contributed by atoms with van der Waals surface area (Å²) in [5.41, 5.74) is 0. The van der Waals surface area contributed by atoms with Gasteiger partial charge in [-0.3, -0.25) is 9.89 Å². The normalized spacial score (nSPS) is 29.1. The number of aliphatic imine (C=N–C) groups is 1. The minimum absolute atomic E-state index is 0. The third-order valence-corrected chi connectivity index (χ3v) is 4.86. The molecule has 1 saturated heterocycles. The highest BCUT2D eigenvalue weighted by atomic mass is 127. The third-order valence-electron chi connectivity index (χ3n) is 4.86. The number of halogens is 1. The van der Waals surface area contributed by atoms with Crippen LogP contribution in [0.25, 0.3) is 0 Å². The van der Waals surface area contributed by atoms with Crippen LogP contribution in [0.3, 0.4) is 0 Å². The zero-order valence-electron chi connectivity index (χ0n) is 14.1. The van der Waals surface area contributed by atoms with Crippen LogP contribution in [0.4, 0.5) is 0 Å². The molecule has 0 aromatic heterocycles. The number of hydrogen-bond acceptors (Lipinski definition) is 2. The Kier molecular flexibility index (Phi) is 8.31. The van der Waals surface area contributed by atoms with Gasteiger partial charge in [-0.2, -0.15) is 0 Å². The maximum atomic E-state index is 4.47. The second kappa shape index (κ2) is 9.18. The third kappa shape index (κ3) is 5.27. The van der Waals surface area contributed by atoms with Crippen molar-refractivity contribution in [2.45, 2.75) is 58.0 Å². The number of likely N-dealkylation sites (tertiary alicyclic amines) is 1. The Balaban J connectivity index is 0.00000220. The quantitative estimate of drug-likeness (QED) is 0.417. The van der Waals surface area contributed by atoms with E-state index in [-0.39, 0.29) is 24.0 Å². The average Bonchev–Trinajstić information content (AvgIpc) is 3.01. The van der Waals surface area contributed by atoms with Crippen molar-refractivity contribution in [3.8, 4) is 0 Å². The molecule has 0 aromatic rings. The molecule has 0 spiro atoms. The molecule has 1 aliphatic carbocycles. The summed E-state index contributed by atoms with van der Waals surface area (Å²) >= 11 is 0. The maximum absolute atomic E-state index is 4.47. The minimum atomic E-state index is 0. The molecule has 1 heterocycles. The fraction of sp³-hybridized carbons (Fsp3) is 0.938.